The molecule has 1 heterocycles. The number of carboxylic acids is 1. The van der Waals surface area contributed by atoms with Gasteiger partial charge in [0.05, 0.1) is 25.3 Å². The van der Waals surface area contributed by atoms with Crippen molar-refractivity contribution < 1.29 is 39.3 Å². The molecule has 1 aromatic carbocycles. The molecule has 0 unspecified atom stereocenters. The highest BCUT2D eigenvalue weighted by molar-refractivity contribution is 5.95. The van der Waals surface area contributed by atoms with E-state index >= 15 is 0 Å². The number of aromatic nitrogens is 1. The minimum Gasteiger partial charge on any atom is -0.480 e. The minimum absolute atomic E-state index is 0.0791. The van der Waals surface area contributed by atoms with E-state index in [0.29, 0.717) is 5.56 Å². The first-order valence-electron chi connectivity index (χ1n) is 11.4. The molecule has 4 amide bonds. The van der Waals surface area contributed by atoms with Gasteiger partial charge < -0.3 is 47.3 Å². The number of hydrogen-bond acceptors (Lipinski definition) is 8. The fourth-order valence-electron chi connectivity index (χ4n) is 3.41. The van der Waals surface area contributed by atoms with Gasteiger partial charge in [-0.25, -0.2) is 4.79 Å². The van der Waals surface area contributed by atoms with Crippen molar-refractivity contribution in [3.05, 3.63) is 36.0 Å². The summed E-state index contributed by atoms with van der Waals surface area (Å²) in [4.78, 5) is 64.1. The normalized spacial score (nSPS) is 15.1. The number of rotatable bonds is 13. The summed E-state index contributed by atoms with van der Waals surface area (Å²) in [7, 11) is 0. The Morgan fingerprint density at radius 3 is 2.22 bits per heavy atom. The van der Waals surface area contributed by atoms with Crippen LogP contribution < -0.4 is 27.0 Å². The summed E-state index contributed by atoms with van der Waals surface area (Å²) in [6, 6.07) is 1.87. The van der Waals surface area contributed by atoms with Gasteiger partial charge in [0.15, 0.2) is 0 Å². The molecule has 5 atom stereocenters. The largest absolute Gasteiger partial charge is 0.480 e. The molecule has 0 spiro atoms. The van der Waals surface area contributed by atoms with E-state index in [2.05, 4.69) is 26.3 Å². The minimum atomic E-state index is -1.62. The Kier molecular flexibility index (Phi) is 10.5. The maximum atomic E-state index is 13.0. The average Bonchev–Trinajstić information content (AvgIpc) is 3.25. The molecule has 14 nitrogen and oxygen atoms in total. The Morgan fingerprint density at radius 2 is 1.62 bits per heavy atom. The maximum Gasteiger partial charge on any atom is 0.328 e. The van der Waals surface area contributed by atoms with Gasteiger partial charge in [-0.2, -0.15) is 0 Å². The lowest BCUT2D eigenvalue weighted by molar-refractivity contribution is -0.143. The van der Waals surface area contributed by atoms with Gasteiger partial charge in [0.2, 0.25) is 23.6 Å². The Labute approximate surface area is 212 Å². The highest BCUT2D eigenvalue weighted by Gasteiger charge is 2.32. The summed E-state index contributed by atoms with van der Waals surface area (Å²) in [5.74, 6) is -4.70. The Balaban J connectivity index is 2.22. The van der Waals surface area contributed by atoms with Gasteiger partial charge >= 0.3 is 5.97 Å². The van der Waals surface area contributed by atoms with Crippen LogP contribution in [-0.2, 0) is 30.4 Å². The molecule has 202 valence electrons. The van der Waals surface area contributed by atoms with E-state index in [4.69, 9.17) is 5.73 Å². The predicted octanol–water partition coefficient (Wildman–Crippen LogP) is -2.91. The van der Waals surface area contributed by atoms with Gasteiger partial charge in [0, 0.05) is 23.5 Å². The van der Waals surface area contributed by atoms with Crippen LogP contribution in [0.5, 0.6) is 0 Å². The predicted molar refractivity (Wildman–Crippen MR) is 131 cm³/mol. The van der Waals surface area contributed by atoms with E-state index in [0.717, 1.165) is 10.9 Å². The Bertz CT molecular complexity index is 1130. The average molecular weight is 521 g/mol. The number of para-hydroxylation sites is 1. The van der Waals surface area contributed by atoms with Crippen molar-refractivity contribution in [1.82, 2.24) is 26.3 Å². The SMILES string of the molecule is C[C@H](N)C(=O)NCC(=O)N[C@H](C(=O)N[C@@H](Cc1c[nH]c2ccccc12)C(=O)N[C@@H](CO)C(=O)O)[C@@H](C)O. The number of aromatic amines is 1. The summed E-state index contributed by atoms with van der Waals surface area (Å²) in [6.45, 7) is 1.27. The summed E-state index contributed by atoms with van der Waals surface area (Å²) in [6.07, 6.45) is 0.158. The van der Waals surface area contributed by atoms with E-state index in [-0.39, 0.29) is 6.42 Å². The van der Waals surface area contributed by atoms with Crippen LogP contribution in [0.1, 0.15) is 19.4 Å². The van der Waals surface area contributed by atoms with Crippen molar-refractivity contribution >= 4 is 40.5 Å². The molecular formula is C23H32N6O8. The van der Waals surface area contributed by atoms with Gasteiger partial charge in [0.25, 0.3) is 0 Å². The zero-order valence-corrected chi connectivity index (χ0v) is 20.4. The maximum absolute atomic E-state index is 13.0. The first kappa shape index (κ1) is 29.2. The molecule has 0 saturated carbocycles. The van der Waals surface area contributed by atoms with Crippen molar-refractivity contribution in [2.45, 2.75) is 50.5 Å². The number of aliphatic hydroxyl groups is 2. The highest BCUT2D eigenvalue weighted by atomic mass is 16.4. The van der Waals surface area contributed by atoms with Crippen LogP contribution in [0.3, 0.4) is 0 Å². The monoisotopic (exact) mass is 520 g/mol. The van der Waals surface area contributed by atoms with Crippen LogP contribution >= 0.6 is 0 Å². The van der Waals surface area contributed by atoms with E-state index in [1.165, 1.54) is 13.8 Å². The van der Waals surface area contributed by atoms with Crippen molar-refractivity contribution in [2.24, 2.45) is 5.73 Å². The topological polar surface area (TPSA) is 236 Å². The Hall–Kier alpha value is -4.01. The number of carboxylic acid groups (broad SMARTS) is 1. The molecule has 0 fully saturated rings. The van der Waals surface area contributed by atoms with Crippen molar-refractivity contribution in [2.75, 3.05) is 13.2 Å². The fourth-order valence-corrected chi connectivity index (χ4v) is 3.41. The van der Waals surface area contributed by atoms with Gasteiger partial charge in [-0.15, -0.1) is 0 Å². The van der Waals surface area contributed by atoms with Crippen LogP contribution in [0.4, 0.5) is 0 Å². The number of benzene rings is 1. The number of aliphatic carboxylic acids is 1. The molecule has 0 saturated heterocycles. The van der Waals surface area contributed by atoms with Crippen LogP contribution in [0.2, 0.25) is 0 Å². The van der Waals surface area contributed by atoms with Crippen molar-refractivity contribution in [3.8, 4) is 0 Å². The zero-order chi connectivity index (χ0) is 27.7. The lowest BCUT2D eigenvalue weighted by atomic mass is 10.0. The van der Waals surface area contributed by atoms with Crippen molar-refractivity contribution in [1.29, 1.82) is 0 Å². The molecule has 0 aliphatic carbocycles. The molecule has 0 aliphatic rings. The standard InChI is InChI=1S/C23H32N6O8/c1-11(24)20(33)26-9-18(32)29-19(12(2)31)22(35)27-16(21(34)28-17(10-30)23(36)37)7-13-8-25-15-6-4-3-5-14(13)15/h3-6,8,11-12,16-17,19,25,30-31H,7,9-10,24H2,1-2H3,(H,26,33)(H,27,35)(H,28,34)(H,29,32)(H,36,37)/t11-,12+,16-,17-,19-/m0/s1. The van der Waals surface area contributed by atoms with Gasteiger partial charge in [-0.05, 0) is 25.5 Å². The van der Waals surface area contributed by atoms with E-state index in [1.54, 1.807) is 24.4 Å². The summed E-state index contributed by atoms with van der Waals surface area (Å²) in [5.41, 5.74) is 6.81. The molecule has 0 aliphatic heterocycles. The van der Waals surface area contributed by atoms with Crippen LogP contribution in [0.25, 0.3) is 10.9 Å². The van der Waals surface area contributed by atoms with Crippen molar-refractivity contribution in [3.63, 3.8) is 0 Å². The number of aliphatic hydroxyl groups excluding tert-OH is 2. The number of carbonyl (C=O) groups is 5. The van der Waals surface area contributed by atoms with E-state index in [1.807, 2.05) is 6.07 Å². The van der Waals surface area contributed by atoms with E-state index < -0.39 is 73.0 Å². The second-order valence-corrected chi connectivity index (χ2v) is 8.50. The third kappa shape index (κ3) is 8.27. The highest BCUT2D eigenvalue weighted by Crippen LogP contribution is 2.19. The lowest BCUT2D eigenvalue weighted by Crippen LogP contribution is -2.59. The number of nitrogens with one attached hydrogen (secondary N) is 5. The second kappa shape index (κ2) is 13.3. The van der Waals surface area contributed by atoms with Crippen LogP contribution in [0, 0.1) is 0 Å². The van der Waals surface area contributed by atoms with Gasteiger partial charge in [0.1, 0.15) is 18.1 Å². The molecule has 14 heteroatoms. The number of fused-ring (bicyclic) bond motifs is 1. The van der Waals surface area contributed by atoms with Crippen LogP contribution in [-0.4, -0.2) is 93.3 Å². The third-order valence-electron chi connectivity index (χ3n) is 5.45. The molecule has 1 aromatic heterocycles. The summed E-state index contributed by atoms with van der Waals surface area (Å²) >= 11 is 0. The molecule has 10 N–H and O–H groups in total. The van der Waals surface area contributed by atoms with Gasteiger partial charge in [-0.1, -0.05) is 18.2 Å². The first-order valence-corrected chi connectivity index (χ1v) is 11.4. The molecular weight excluding hydrogens is 488 g/mol. The zero-order valence-electron chi connectivity index (χ0n) is 20.4. The quantitative estimate of drug-likeness (QED) is 0.131. The molecule has 37 heavy (non-hydrogen) atoms. The number of H-pyrrole nitrogens is 1. The fraction of sp³-hybridized carbons (Fsp3) is 0.435. The van der Waals surface area contributed by atoms with Gasteiger partial charge in [-0.3, -0.25) is 19.2 Å². The Morgan fingerprint density at radius 1 is 0.973 bits per heavy atom. The number of carbonyl (C=O) groups excluding carboxylic acids is 4. The summed E-state index contributed by atoms with van der Waals surface area (Å²) < 4.78 is 0. The van der Waals surface area contributed by atoms with Crippen LogP contribution in [0.15, 0.2) is 30.5 Å². The smallest absolute Gasteiger partial charge is 0.328 e. The molecule has 0 bridgehead atoms. The van der Waals surface area contributed by atoms with E-state index in [9.17, 15) is 39.3 Å². The number of nitrogens with two attached hydrogens (primary N) is 1. The summed E-state index contributed by atoms with van der Waals surface area (Å²) in [5, 5.41) is 38.5. The molecule has 0 radical (unpaired) electrons. The molecule has 2 rings (SSSR count). The first-order chi connectivity index (χ1) is 17.4. The second-order valence-electron chi connectivity index (χ2n) is 8.50. The number of amides is 4. The number of hydrogen-bond donors (Lipinski definition) is 9. The third-order valence-corrected chi connectivity index (χ3v) is 5.45. The lowest BCUT2D eigenvalue weighted by Gasteiger charge is -2.25. The molecule has 2 aromatic rings.